The Morgan fingerprint density at radius 2 is 1.64 bits per heavy atom. The van der Waals surface area contributed by atoms with Gasteiger partial charge in [-0.05, 0) is 11.8 Å². The summed E-state index contributed by atoms with van der Waals surface area (Å²) in [5, 5.41) is 0.559. The number of rotatable bonds is 6. The van der Waals surface area contributed by atoms with Gasteiger partial charge in [-0.3, -0.25) is 0 Å². The molecule has 1 heteroatoms. The van der Waals surface area contributed by atoms with E-state index in [0.29, 0.717) is 5.31 Å². The molecule has 0 heterocycles. The Kier molecular flexibility index (Phi) is 5.85. The second-order valence-corrected chi connectivity index (χ2v) is 5.92. The first kappa shape index (κ1) is 14.1. The van der Waals surface area contributed by atoms with Crippen LogP contribution in [0.15, 0.2) is 0 Å². The highest BCUT2D eigenvalue weighted by molar-refractivity contribution is 6.59. The van der Waals surface area contributed by atoms with E-state index in [9.17, 15) is 0 Å². The molecular formula is C13H29B. The molecule has 0 amide bonds. The standard InChI is InChI=1S/C13H29B/c1-8-13(5,14(6)7)10-9-12(4)11(2)3/h11-12H,8-10H2,1-7H3. The summed E-state index contributed by atoms with van der Waals surface area (Å²) in [6.45, 7) is 17.4. The monoisotopic (exact) mass is 196 g/mol. The summed E-state index contributed by atoms with van der Waals surface area (Å²) in [6.07, 6.45) is 4.09. The van der Waals surface area contributed by atoms with Gasteiger partial charge in [0.1, 0.15) is 6.71 Å². The molecule has 0 fully saturated rings. The number of hydrogen-bond donors (Lipinski definition) is 0. The Bertz CT molecular complexity index is 151. The predicted octanol–water partition coefficient (Wildman–Crippen LogP) is 4.98. The first-order chi connectivity index (χ1) is 6.33. The molecule has 0 aromatic rings. The molecule has 0 aliphatic heterocycles. The van der Waals surface area contributed by atoms with Crippen molar-refractivity contribution in [3.8, 4) is 0 Å². The zero-order valence-corrected chi connectivity index (χ0v) is 11.4. The average molecular weight is 196 g/mol. The maximum Gasteiger partial charge on any atom is 0.139 e. The van der Waals surface area contributed by atoms with Crippen molar-refractivity contribution in [1.82, 2.24) is 0 Å². The van der Waals surface area contributed by atoms with Crippen molar-refractivity contribution in [3.63, 3.8) is 0 Å². The minimum atomic E-state index is 0.559. The second-order valence-electron chi connectivity index (χ2n) is 5.92. The number of hydrogen-bond acceptors (Lipinski definition) is 0. The first-order valence-electron chi connectivity index (χ1n) is 6.33. The highest BCUT2D eigenvalue weighted by Gasteiger charge is 2.28. The van der Waals surface area contributed by atoms with Crippen molar-refractivity contribution in [2.45, 2.75) is 72.8 Å². The summed E-state index contributed by atoms with van der Waals surface area (Å²) in [6, 6.07) is 0. The molecule has 0 rings (SSSR count). The van der Waals surface area contributed by atoms with Gasteiger partial charge in [0.25, 0.3) is 0 Å². The summed E-state index contributed by atoms with van der Waals surface area (Å²) in [7, 11) is 0. The van der Waals surface area contributed by atoms with Crippen LogP contribution >= 0.6 is 0 Å². The van der Waals surface area contributed by atoms with Crippen LogP contribution in [0.4, 0.5) is 0 Å². The Morgan fingerprint density at radius 1 is 1.14 bits per heavy atom. The third kappa shape index (κ3) is 4.06. The van der Waals surface area contributed by atoms with Crippen LogP contribution in [0.2, 0.25) is 19.0 Å². The molecule has 14 heavy (non-hydrogen) atoms. The fourth-order valence-corrected chi connectivity index (χ4v) is 1.76. The Labute approximate surface area is 91.9 Å². The summed E-state index contributed by atoms with van der Waals surface area (Å²) in [5.41, 5.74) is 0. The van der Waals surface area contributed by atoms with Crippen molar-refractivity contribution >= 4 is 6.71 Å². The van der Waals surface area contributed by atoms with E-state index < -0.39 is 0 Å². The molecular weight excluding hydrogens is 167 g/mol. The summed E-state index contributed by atoms with van der Waals surface area (Å²) < 4.78 is 0. The molecule has 0 nitrogen and oxygen atoms in total. The lowest BCUT2D eigenvalue weighted by Crippen LogP contribution is -2.24. The van der Waals surface area contributed by atoms with Crippen LogP contribution < -0.4 is 0 Å². The summed E-state index contributed by atoms with van der Waals surface area (Å²) >= 11 is 0. The van der Waals surface area contributed by atoms with Gasteiger partial charge in [0, 0.05) is 0 Å². The van der Waals surface area contributed by atoms with Crippen LogP contribution in [0.5, 0.6) is 0 Å². The molecule has 0 radical (unpaired) electrons. The Hall–Kier alpha value is 0.0649. The SMILES string of the molecule is CCC(C)(CCC(C)C(C)C)B(C)C. The average Bonchev–Trinajstić information content (AvgIpc) is 2.12. The quantitative estimate of drug-likeness (QED) is 0.525. The van der Waals surface area contributed by atoms with Crippen molar-refractivity contribution in [1.29, 1.82) is 0 Å². The van der Waals surface area contributed by atoms with Gasteiger partial charge in [-0.1, -0.05) is 72.8 Å². The van der Waals surface area contributed by atoms with E-state index in [1.807, 2.05) is 0 Å². The van der Waals surface area contributed by atoms with Crippen molar-refractivity contribution < 1.29 is 0 Å². The second kappa shape index (κ2) is 5.83. The molecule has 0 saturated carbocycles. The van der Waals surface area contributed by atoms with Gasteiger partial charge in [-0.15, -0.1) is 0 Å². The highest BCUT2D eigenvalue weighted by atomic mass is 14.2. The molecule has 0 aromatic heterocycles. The van der Waals surface area contributed by atoms with Gasteiger partial charge >= 0.3 is 0 Å². The Morgan fingerprint density at radius 3 is 1.93 bits per heavy atom. The van der Waals surface area contributed by atoms with E-state index in [1.165, 1.54) is 19.3 Å². The van der Waals surface area contributed by atoms with Crippen LogP contribution in [0.3, 0.4) is 0 Å². The maximum atomic E-state index is 2.45. The third-order valence-corrected chi connectivity index (χ3v) is 4.51. The van der Waals surface area contributed by atoms with Crippen LogP contribution in [0, 0.1) is 11.8 Å². The normalized spacial score (nSPS) is 18.0. The zero-order chi connectivity index (χ0) is 11.4. The topological polar surface area (TPSA) is 0 Å². The smallest absolute Gasteiger partial charge is 0.0859 e. The van der Waals surface area contributed by atoms with Crippen molar-refractivity contribution in [2.75, 3.05) is 0 Å². The predicted molar refractivity (Wildman–Crippen MR) is 69.4 cm³/mol. The molecule has 0 bridgehead atoms. The van der Waals surface area contributed by atoms with E-state index in [4.69, 9.17) is 0 Å². The van der Waals surface area contributed by atoms with E-state index in [0.717, 1.165) is 18.5 Å². The molecule has 0 spiro atoms. The summed E-state index contributed by atoms with van der Waals surface area (Å²) in [5.74, 6) is 1.71. The molecule has 0 N–H and O–H groups in total. The van der Waals surface area contributed by atoms with Crippen LogP contribution in [-0.2, 0) is 0 Å². The molecule has 2 atom stereocenters. The van der Waals surface area contributed by atoms with Crippen LogP contribution in [0.1, 0.15) is 53.9 Å². The lowest BCUT2D eigenvalue weighted by molar-refractivity contribution is 0.351. The Balaban J connectivity index is 4.08. The highest BCUT2D eigenvalue weighted by Crippen LogP contribution is 2.40. The summed E-state index contributed by atoms with van der Waals surface area (Å²) in [4.78, 5) is 0. The molecule has 84 valence electrons. The van der Waals surface area contributed by atoms with Crippen LogP contribution in [-0.4, -0.2) is 6.71 Å². The molecule has 2 unspecified atom stereocenters. The largest absolute Gasteiger partial charge is 0.139 e. The first-order valence-corrected chi connectivity index (χ1v) is 6.33. The van der Waals surface area contributed by atoms with Gasteiger partial charge in [0.05, 0.1) is 0 Å². The van der Waals surface area contributed by atoms with E-state index >= 15 is 0 Å². The van der Waals surface area contributed by atoms with Crippen molar-refractivity contribution in [3.05, 3.63) is 0 Å². The van der Waals surface area contributed by atoms with Gasteiger partial charge in [0.2, 0.25) is 0 Å². The minimum absolute atomic E-state index is 0.559. The molecule has 0 saturated heterocycles. The molecule has 0 aliphatic carbocycles. The fourth-order valence-electron chi connectivity index (χ4n) is 1.76. The van der Waals surface area contributed by atoms with Crippen LogP contribution in [0.25, 0.3) is 0 Å². The molecule has 0 aromatic carbocycles. The maximum absolute atomic E-state index is 2.45. The van der Waals surface area contributed by atoms with E-state index in [2.05, 4.69) is 48.3 Å². The zero-order valence-electron chi connectivity index (χ0n) is 11.4. The van der Waals surface area contributed by atoms with E-state index in [1.54, 1.807) is 0 Å². The lowest BCUT2D eigenvalue weighted by atomic mass is 9.35. The lowest BCUT2D eigenvalue weighted by Gasteiger charge is -2.32. The van der Waals surface area contributed by atoms with Gasteiger partial charge in [-0.2, -0.15) is 0 Å². The van der Waals surface area contributed by atoms with Crippen molar-refractivity contribution in [2.24, 2.45) is 11.8 Å². The minimum Gasteiger partial charge on any atom is -0.0859 e. The van der Waals surface area contributed by atoms with Gasteiger partial charge in [0.15, 0.2) is 0 Å². The van der Waals surface area contributed by atoms with Gasteiger partial charge < -0.3 is 0 Å². The third-order valence-electron chi connectivity index (χ3n) is 4.51. The molecule has 0 aliphatic rings. The fraction of sp³-hybridized carbons (Fsp3) is 1.00. The van der Waals surface area contributed by atoms with Gasteiger partial charge in [-0.25, -0.2) is 0 Å². The van der Waals surface area contributed by atoms with E-state index in [-0.39, 0.29) is 0 Å².